The van der Waals surface area contributed by atoms with E-state index in [4.69, 9.17) is 9.47 Å². The second-order valence-corrected chi connectivity index (χ2v) is 8.36. The fraction of sp³-hybridized carbons (Fsp3) is 0.154. The lowest BCUT2D eigenvalue weighted by molar-refractivity contribution is 0.0948. The van der Waals surface area contributed by atoms with E-state index < -0.39 is 0 Å². The van der Waals surface area contributed by atoms with Crippen LogP contribution in [0.4, 0.5) is 0 Å². The summed E-state index contributed by atoms with van der Waals surface area (Å²) in [6.45, 7) is 0.166. The number of thioether (sulfide) groups is 1. The molecule has 0 bridgehead atoms. The maximum Gasteiger partial charge on any atom is 0.251 e. The van der Waals surface area contributed by atoms with Gasteiger partial charge in [0, 0.05) is 16.8 Å². The van der Waals surface area contributed by atoms with Gasteiger partial charge in [0.15, 0.2) is 16.8 Å². The molecule has 0 saturated carbocycles. The first-order valence-corrected chi connectivity index (χ1v) is 11.8. The van der Waals surface area contributed by atoms with E-state index in [0.29, 0.717) is 33.6 Å². The van der Waals surface area contributed by atoms with Crippen molar-refractivity contribution in [2.75, 3.05) is 20.0 Å². The van der Waals surface area contributed by atoms with Crippen LogP contribution in [0.15, 0.2) is 84.0 Å². The molecule has 0 radical (unpaired) electrons. The number of aromatic nitrogens is 3. The number of nitrogens with zero attached hydrogens (tertiary/aromatic N) is 3. The summed E-state index contributed by atoms with van der Waals surface area (Å²) in [6, 6.07) is 23.4. The van der Waals surface area contributed by atoms with Crippen LogP contribution in [-0.2, 0) is 6.54 Å². The zero-order valence-corrected chi connectivity index (χ0v) is 20.1. The molecule has 0 saturated heterocycles. The van der Waals surface area contributed by atoms with E-state index in [1.54, 1.807) is 62.8 Å². The lowest BCUT2D eigenvalue weighted by atomic mass is 10.1. The van der Waals surface area contributed by atoms with Crippen LogP contribution in [0.25, 0.3) is 5.69 Å². The SMILES string of the molecule is COc1ccc(C(=O)CSc2nnc(CNC(=O)c3ccc(OC)cc3)n2-c2ccccc2)cc1. The van der Waals surface area contributed by atoms with Crippen molar-refractivity contribution in [3.8, 4) is 17.2 Å². The Kier molecular flexibility index (Phi) is 7.79. The summed E-state index contributed by atoms with van der Waals surface area (Å²) in [5, 5.41) is 12.0. The lowest BCUT2D eigenvalue weighted by Gasteiger charge is -2.11. The predicted octanol–water partition coefficient (Wildman–Crippen LogP) is 4.19. The van der Waals surface area contributed by atoms with Gasteiger partial charge in [-0.05, 0) is 60.7 Å². The van der Waals surface area contributed by atoms with Crippen molar-refractivity contribution in [3.63, 3.8) is 0 Å². The number of para-hydroxylation sites is 1. The molecule has 1 aromatic heterocycles. The first-order valence-electron chi connectivity index (χ1n) is 10.8. The molecule has 0 unspecified atom stereocenters. The van der Waals surface area contributed by atoms with Gasteiger partial charge in [0.2, 0.25) is 0 Å². The Morgan fingerprint density at radius 1 is 0.829 bits per heavy atom. The average Bonchev–Trinajstić information content (AvgIpc) is 3.33. The van der Waals surface area contributed by atoms with Gasteiger partial charge in [-0.15, -0.1) is 10.2 Å². The van der Waals surface area contributed by atoms with E-state index in [0.717, 1.165) is 5.69 Å². The van der Waals surface area contributed by atoms with E-state index in [9.17, 15) is 9.59 Å². The van der Waals surface area contributed by atoms with Crippen LogP contribution in [0.5, 0.6) is 11.5 Å². The summed E-state index contributed by atoms with van der Waals surface area (Å²) in [6.07, 6.45) is 0. The van der Waals surface area contributed by atoms with Gasteiger partial charge in [0.1, 0.15) is 11.5 Å². The molecule has 178 valence electrons. The van der Waals surface area contributed by atoms with Crippen LogP contribution >= 0.6 is 11.8 Å². The molecule has 3 aromatic carbocycles. The number of Topliss-reactive ketones (excluding diaryl/α,β-unsaturated/α-hetero) is 1. The third kappa shape index (κ3) is 5.88. The normalized spacial score (nSPS) is 10.6. The van der Waals surface area contributed by atoms with Crippen LogP contribution in [0.3, 0.4) is 0 Å². The van der Waals surface area contributed by atoms with Crippen molar-refractivity contribution in [2.24, 2.45) is 0 Å². The van der Waals surface area contributed by atoms with Crippen LogP contribution in [0.2, 0.25) is 0 Å². The molecule has 1 amide bonds. The maximum atomic E-state index is 12.7. The first kappa shape index (κ1) is 24.0. The number of benzene rings is 3. The molecule has 1 heterocycles. The molecule has 0 aliphatic rings. The van der Waals surface area contributed by atoms with E-state index in [-0.39, 0.29) is 24.0 Å². The Labute approximate surface area is 207 Å². The molecule has 9 heteroatoms. The van der Waals surface area contributed by atoms with E-state index in [1.807, 2.05) is 34.9 Å². The van der Waals surface area contributed by atoms with Gasteiger partial charge in [-0.3, -0.25) is 14.2 Å². The van der Waals surface area contributed by atoms with Crippen LogP contribution in [-0.4, -0.2) is 46.4 Å². The molecule has 1 N–H and O–H groups in total. The molecule has 0 fully saturated rings. The highest BCUT2D eigenvalue weighted by molar-refractivity contribution is 7.99. The topological polar surface area (TPSA) is 95.3 Å². The number of hydrogen-bond donors (Lipinski definition) is 1. The summed E-state index contributed by atoms with van der Waals surface area (Å²) < 4.78 is 12.1. The molecule has 35 heavy (non-hydrogen) atoms. The summed E-state index contributed by atoms with van der Waals surface area (Å²) in [4.78, 5) is 25.3. The Morgan fingerprint density at radius 2 is 1.43 bits per heavy atom. The monoisotopic (exact) mass is 488 g/mol. The Morgan fingerprint density at radius 3 is 2.03 bits per heavy atom. The van der Waals surface area contributed by atoms with Crippen molar-refractivity contribution < 1.29 is 19.1 Å². The van der Waals surface area contributed by atoms with E-state index in [1.165, 1.54) is 11.8 Å². The lowest BCUT2D eigenvalue weighted by Crippen LogP contribution is -2.24. The van der Waals surface area contributed by atoms with Gasteiger partial charge in [-0.25, -0.2) is 0 Å². The van der Waals surface area contributed by atoms with Crippen molar-refractivity contribution in [1.82, 2.24) is 20.1 Å². The van der Waals surface area contributed by atoms with E-state index in [2.05, 4.69) is 15.5 Å². The molecule has 0 aliphatic heterocycles. The van der Waals surface area contributed by atoms with Gasteiger partial charge in [-0.1, -0.05) is 30.0 Å². The van der Waals surface area contributed by atoms with Crippen molar-refractivity contribution in [1.29, 1.82) is 0 Å². The molecular weight excluding hydrogens is 464 g/mol. The largest absolute Gasteiger partial charge is 0.497 e. The minimum absolute atomic E-state index is 0.0328. The van der Waals surface area contributed by atoms with Gasteiger partial charge in [0.25, 0.3) is 5.91 Å². The third-order valence-electron chi connectivity index (χ3n) is 5.22. The molecule has 0 atom stereocenters. The van der Waals surface area contributed by atoms with Gasteiger partial charge >= 0.3 is 0 Å². The average molecular weight is 489 g/mol. The highest BCUT2D eigenvalue weighted by Crippen LogP contribution is 2.23. The second-order valence-electron chi connectivity index (χ2n) is 7.42. The molecular formula is C26H24N4O4S. The van der Waals surface area contributed by atoms with Crippen LogP contribution in [0, 0.1) is 0 Å². The van der Waals surface area contributed by atoms with Crippen molar-refractivity contribution in [2.45, 2.75) is 11.7 Å². The number of amides is 1. The van der Waals surface area contributed by atoms with Gasteiger partial charge < -0.3 is 14.8 Å². The Balaban J connectivity index is 1.49. The fourth-order valence-corrected chi connectivity index (χ4v) is 4.20. The number of ether oxygens (including phenoxy) is 2. The van der Waals surface area contributed by atoms with Gasteiger partial charge in [0.05, 0.1) is 26.5 Å². The molecule has 4 aromatic rings. The van der Waals surface area contributed by atoms with E-state index >= 15 is 0 Å². The quantitative estimate of drug-likeness (QED) is 0.264. The van der Waals surface area contributed by atoms with Crippen LogP contribution < -0.4 is 14.8 Å². The summed E-state index contributed by atoms with van der Waals surface area (Å²) >= 11 is 1.29. The number of carbonyl (C=O) groups is 2. The zero-order valence-electron chi connectivity index (χ0n) is 19.3. The van der Waals surface area contributed by atoms with Crippen LogP contribution in [0.1, 0.15) is 26.5 Å². The summed E-state index contributed by atoms with van der Waals surface area (Å²) in [5.41, 5.74) is 1.94. The predicted molar refractivity (Wildman–Crippen MR) is 134 cm³/mol. The minimum atomic E-state index is -0.237. The number of methoxy groups -OCH3 is 2. The number of ketones is 1. The molecule has 4 rings (SSSR count). The smallest absolute Gasteiger partial charge is 0.251 e. The second kappa shape index (κ2) is 11.3. The number of hydrogen-bond acceptors (Lipinski definition) is 7. The van der Waals surface area contributed by atoms with Gasteiger partial charge in [-0.2, -0.15) is 0 Å². The number of rotatable bonds is 10. The minimum Gasteiger partial charge on any atom is -0.497 e. The number of carbonyl (C=O) groups excluding carboxylic acids is 2. The highest BCUT2D eigenvalue weighted by Gasteiger charge is 2.17. The Bertz CT molecular complexity index is 1210. The highest BCUT2D eigenvalue weighted by atomic mass is 32.2. The molecule has 8 nitrogen and oxygen atoms in total. The van der Waals surface area contributed by atoms with Crippen molar-refractivity contribution in [3.05, 3.63) is 95.8 Å². The molecule has 0 aliphatic carbocycles. The fourth-order valence-electron chi connectivity index (χ4n) is 3.34. The maximum absolute atomic E-state index is 12.7. The first-order chi connectivity index (χ1) is 17.1. The summed E-state index contributed by atoms with van der Waals surface area (Å²) in [5.74, 6) is 1.84. The Hall–Kier alpha value is -4.11. The molecule has 0 spiro atoms. The zero-order chi connectivity index (χ0) is 24.6. The van der Waals surface area contributed by atoms with Crippen molar-refractivity contribution >= 4 is 23.5 Å². The third-order valence-corrected chi connectivity index (χ3v) is 6.15. The number of nitrogens with one attached hydrogen (secondary N) is 1. The standard InChI is InChI=1S/C26H24N4O4S/c1-33-21-12-8-18(9-13-21)23(31)17-35-26-29-28-24(30(26)20-6-4-3-5-7-20)16-27-25(32)19-10-14-22(34-2)15-11-19/h3-15H,16-17H2,1-2H3,(H,27,32). The summed E-state index contributed by atoms with van der Waals surface area (Å²) in [7, 11) is 3.16.